The molecule has 5 nitrogen and oxygen atoms in total. The number of H-pyrrole nitrogens is 1. The third kappa shape index (κ3) is 1.70. The van der Waals surface area contributed by atoms with Crippen molar-refractivity contribution >= 4 is 11.7 Å². The SMILES string of the molecule is Nc1c(C(F)F)cc(C(=O)O)[nH]c1=O. The van der Waals surface area contributed by atoms with Crippen molar-refractivity contribution < 1.29 is 18.7 Å². The number of rotatable bonds is 2. The molecule has 1 heterocycles. The van der Waals surface area contributed by atoms with E-state index >= 15 is 0 Å². The highest BCUT2D eigenvalue weighted by atomic mass is 19.3. The predicted octanol–water partition coefficient (Wildman–Crippen LogP) is 0.593. The summed E-state index contributed by atoms with van der Waals surface area (Å²) in [6.07, 6.45) is -2.98. The van der Waals surface area contributed by atoms with E-state index in [1.807, 2.05) is 4.98 Å². The number of nitrogens with two attached hydrogens (primary N) is 1. The fraction of sp³-hybridized carbons (Fsp3) is 0.143. The van der Waals surface area contributed by atoms with Crippen LogP contribution in [-0.4, -0.2) is 16.1 Å². The molecular weight excluding hydrogens is 198 g/mol. The Labute approximate surface area is 76.2 Å². The highest BCUT2D eigenvalue weighted by Crippen LogP contribution is 2.22. The van der Waals surface area contributed by atoms with Crippen LogP contribution in [0.2, 0.25) is 0 Å². The van der Waals surface area contributed by atoms with Gasteiger partial charge in [0, 0.05) is 5.56 Å². The normalized spacial score (nSPS) is 10.5. The fourth-order valence-electron chi connectivity index (χ4n) is 0.886. The summed E-state index contributed by atoms with van der Waals surface area (Å²) in [5.74, 6) is -1.50. The first-order valence-electron chi connectivity index (χ1n) is 3.47. The Hall–Kier alpha value is -1.92. The largest absolute Gasteiger partial charge is 0.477 e. The summed E-state index contributed by atoms with van der Waals surface area (Å²) >= 11 is 0. The second-order valence-corrected chi connectivity index (χ2v) is 2.49. The lowest BCUT2D eigenvalue weighted by Gasteiger charge is -2.04. The van der Waals surface area contributed by atoms with E-state index in [1.54, 1.807) is 0 Å². The molecule has 4 N–H and O–H groups in total. The third-order valence-electron chi connectivity index (χ3n) is 1.57. The van der Waals surface area contributed by atoms with Gasteiger partial charge in [-0.15, -0.1) is 0 Å². The Morgan fingerprint density at radius 3 is 2.57 bits per heavy atom. The third-order valence-corrected chi connectivity index (χ3v) is 1.57. The molecule has 1 aromatic rings. The molecule has 0 radical (unpaired) electrons. The van der Waals surface area contributed by atoms with E-state index in [-0.39, 0.29) is 0 Å². The quantitative estimate of drug-likeness (QED) is 0.656. The molecular formula is C7H6F2N2O3. The van der Waals surface area contributed by atoms with Gasteiger partial charge in [-0.3, -0.25) is 4.79 Å². The molecule has 1 aromatic heterocycles. The average Bonchev–Trinajstić information content (AvgIpc) is 2.08. The van der Waals surface area contributed by atoms with E-state index in [9.17, 15) is 18.4 Å². The summed E-state index contributed by atoms with van der Waals surface area (Å²) in [5, 5.41) is 8.45. The number of pyridine rings is 1. The molecule has 0 unspecified atom stereocenters. The van der Waals surface area contributed by atoms with Crippen LogP contribution in [0.5, 0.6) is 0 Å². The zero-order valence-electron chi connectivity index (χ0n) is 6.75. The molecule has 0 saturated carbocycles. The topological polar surface area (TPSA) is 96.2 Å². The van der Waals surface area contributed by atoms with Gasteiger partial charge >= 0.3 is 5.97 Å². The number of anilines is 1. The van der Waals surface area contributed by atoms with Crippen molar-refractivity contribution in [3.63, 3.8) is 0 Å². The monoisotopic (exact) mass is 204 g/mol. The number of nitrogens with one attached hydrogen (secondary N) is 1. The van der Waals surface area contributed by atoms with E-state index in [0.717, 1.165) is 0 Å². The van der Waals surface area contributed by atoms with Gasteiger partial charge in [0.25, 0.3) is 12.0 Å². The zero-order valence-corrected chi connectivity index (χ0v) is 6.75. The Balaban J connectivity index is 3.43. The second-order valence-electron chi connectivity index (χ2n) is 2.49. The summed E-state index contributed by atoms with van der Waals surface area (Å²) in [6, 6.07) is 0.643. The van der Waals surface area contributed by atoms with Crippen molar-refractivity contribution in [3.05, 3.63) is 27.7 Å². The predicted molar refractivity (Wildman–Crippen MR) is 43.4 cm³/mol. The fourth-order valence-corrected chi connectivity index (χ4v) is 0.886. The van der Waals surface area contributed by atoms with E-state index in [2.05, 4.69) is 0 Å². The Morgan fingerprint density at radius 1 is 1.57 bits per heavy atom. The summed E-state index contributed by atoms with van der Waals surface area (Å²) in [5.41, 5.74) is 1.96. The number of hydrogen-bond donors (Lipinski definition) is 3. The van der Waals surface area contributed by atoms with Crippen LogP contribution >= 0.6 is 0 Å². The smallest absolute Gasteiger partial charge is 0.352 e. The zero-order chi connectivity index (χ0) is 10.9. The summed E-state index contributed by atoms with van der Waals surface area (Å²) < 4.78 is 24.5. The number of aromatic amines is 1. The minimum absolute atomic E-state index is 0.612. The van der Waals surface area contributed by atoms with E-state index in [4.69, 9.17) is 10.8 Å². The molecule has 0 amide bonds. The van der Waals surface area contributed by atoms with Crippen LogP contribution in [0.4, 0.5) is 14.5 Å². The maximum atomic E-state index is 12.2. The number of nitrogen functional groups attached to an aromatic ring is 1. The molecule has 0 aromatic carbocycles. The lowest BCUT2D eigenvalue weighted by molar-refractivity contribution is 0.0689. The molecule has 0 atom stereocenters. The van der Waals surface area contributed by atoms with Crippen molar-refractivity contribution in [1.29, 1.82) is 0 Å². The maximum Gasteiger partial charge on any atom is 0.352 e. The number of carboxylic acids is 1. The molecule has 0 aliphatic rings. The van der Waals surface area contributed by atoms with Crippen LogP contribution in [0.15, 0.2) is 10.9 Å². The molecule has 0 spiro atoms. The van der Waals surface area contributed by atoms with Crippen LogP contribution in [0.25, 0.3) is 0 Å². The van der Waals surface area contributed by atoms with E-state index < -0.39 is 34.9 Å². The lowest BCUT2D eigenvalue weighted by Crippen LogP contribution is -2.19. The number of carboxylic acid groups (broad SMARTS) is 1. The molecule has 0 aliphatic carbocycles. The van der Waals surface area contributed by atoms with Crippen molar-refractivity contribution in [1.82, 2.24) is 4.98 Å². The van der Waals surface area contributed by atoms with Crippen LogP contribution < -0.4 is 11.3 Å². The van der Waals surface area contributed by atoms with Crippen molar-refractivity contribution in [2.45, 2.75) is 6.43 Å². The van der Waals surface area contributed by atoms with Crippen molar-refractivity contribution in [2.75, 3.05) is 5.73 Å². The van der Waals surface area contributed by atoms with Crippen molar-refractivity contribution in [3.8, 4) is 0 Å². The van der Waals surface area contributed by atoms with Crippen LogP contribution in [0, 0.1) is 0 Å². The van der Waals surface area contributed by atoms with Gasteiger partial charge < -0.3 is 15.8 Å². The number of alkyl halides is 2. The molecule has 0 bridgehead atoms. The van der Waals surface area contributed by atoms with Gasteiger partial charge in [0.1, 0.15) is 11.4 Å². The Kier molecular flexibility index (Phi) is 2.50. The van der Waals surface area contributed by atoms with Gasteiger partial charge in [-0.2, -0.15) is 0 Å². The molecule has 0 saturated heterocycles. The van der Waals surface area contributed by atoms with Gasteiger partial charge in [0.15, 0.2) is 0 Å². The summed E-state index contributed by atoms with van der Waals surface area (Å²) in [6.45, 7) is 0. The molecule has 14 heavy (non-hydrogen) atoms. The van der Waals surface area contributed by atoms with Gasteiger partial charge in [-0.1, -0.05) is 0 Å². The van der Waals surface area contributed by atoms with Crippen LogP contribution in [0.1, 0.15) is 22.5 Å². The number of aromatic carboxylic acids is 1. The first-order valence-corrected chi connectivity index (χ1v) is 3.47. The highest BCUT2D eigenvalue weighted by Gasteiger charge is 2.17. The van der Waals surface area contributed by atoms with Gasteiger partial charge in [-0.25, -0.2) is 13.6 Å². The lowest BCUT2D eigenvalue weighted by atomic mass is 10.2. The second kappa shape index (κ2) is 3.44. The summed E-state index contributed by atoms with van der Waals surface area (Å²) in [4.78, 5) is 23.1. The number of halogens is 2. The minimum atomic E-state index is -2.98. The van der Waals surface area contributed by atoms with Crippen LogP contribution in [-0.2, 0) is 0 Å². The van der Waals surface area contributed by atoms with E-state index in [0.29, 0.717) is 6.07 Å². The number of hydrogen-bond acceptors (Lipinski definition) is 3. The summed E-state index contributed by atoms with van der Waals surface area (Å²) in [7, 11) is 0. The molecule has 7 heteroatoms. The standard InChI is InChI=1S/C7H6F2N2O3/c8-5(9)2-1-3(7(13)14)11-6(12)4(2)10/h1,5H,10H2,(H,11,12)(H,13,14). The first kappa shape index (κ1) is 10.2. The Morgan fingerprint density at radius 2 is 2.14 bits per heavy atom. The maximum absolute atomic E-state index is 12.2. The Bertz CT molecular complexity index is 427. The average molecular weight is 204 g/mol. The molecule has 0 fully saturated rings. The minimum Gasteiger partial charge on any atom is -0.477 e. The molecule has 1 rings (SSSR count). The number of carbonyl (C=O) groups is 1. The van der Waals surface area contributed by atoms with Gasteiger partial charge in [0.05, 0.1) is 0 Å². The number of aromatic nitrogens is 1. The van der Waals surface area contributed by atoms with E-state index in [1.165, 1.54) is 0 Å². The van der Waals surface area contributed by atoms with Crippen molar-refractivity contribution in [2.24, 2.45) is 0 Å². The highest BCUT2D eigenvalue weighted by molar-refractivity contribution is 5.85. The molecule has 0 aliphatic heterocycles. The first-order chi connectivity index (χ1) is 6.43. The van der Waals surface area contributed by atoms with Crippen LogP contribution in [0.3, 0.4) is 0 Å². The van der Waals surface area contributed by atoms with Gasteiger partial charge in [-0.05, 0) is 6.07 Å². The van der Waals surface area contributed by atoms with Gasteiger partial charge in [0.2, 0.25) is 0 Å². The molecule has 76 valence electrons.